The summed E-state index contributed by atoms with van der Waals surface area (Å²) < 4.78 is 23.6. The summed E-state index contributed by atoms with van der Waals surface area (Å²) in [7, 11) is 1.58. The summed E-state index contributed by atoms with van der Waals surface area (Å²) in [6.45, 7) is 0.867. The van der Waals surface area contributed by atoms with Crippen LogP contribution in [-0.4, -0.2) is 26.2 Å². The number of benzene rings is 1. The molecule has 1 aromatic carbocycles. The van der Waals surface area contributed by atoms with Crippen LogP contribution < -0.4 is 4.74 Å². The Hall–Kier alpha value is -1.24. The van der Waals surface area contributed by atoms with Crippen molar-refractivity contribution in [3.8, 4) is 17.6 Å². The first-order valence-electron chi connectivity index (χ1n) is 5.24. The van der Waals surface area contributed by atoms with E-state index in [1.165, 1.54) is 6.07 Å². The van der Waals surface area contributed by atoms with Crippen molar-refractivity contribution in [2.45, 2.75) is 6.42 Å². The van der Waals surface area contributed by atoms with Gasteiger partial charge in [-0.15, -0.1) is 11.6 Å². The highest BCUT2D eigenvalue weighted by atomic mass is 35.5. The van der Waals surface area contributed by atoms with E-state index < -0.39 is 0 Å². The summed E-state index contributed by atoms with van der Waals surface area (Å²) in [5, 5.41) is 0. The van der Waals surface area contributed by atoms with Crippen LogP contribution >= 0.6 is 11.6 Å². The standard InChI is InChI=1S/C13H14ClFO2/c1-16-8-9-17-12-6-5-11(13(15)10-12)4-2-3-7-14/h5-6,10H,3,7-9H2,1H3. The highest BCUT2D eigenvalue weighted by molar-refractivity contribution is 6.18. The van der Waals surface area contributed by atoms with Crippen LogP contribution in [0.15, 0.2) is 18.2 Å². The third-order valence-electron chi connectivity index (χ3n) is 1.94. The summed E-state index contributed by atoms with van der Waals surface area (Å²) in [5.74, 6) is 6.04. The molecule has 1 aromatic rings. The van der Waals surface area contributed by atoms with E-state index in [1.807, 2.05) is 0 Å². The summed E-state index contributed by atoms with van der Waals surface area (Å²) in [6, 6.07) is 4.60. The molecule has 0 aromatic heterocycles. The highest BCUT2D eigenvalue weighted by Crippen LogP contribution is 2.15. The van der Waals surface area contributed by atoms with Gasteiger partial charge in [0.05, 0.1) is 12.2 Å². The van der Waals surface area contributed by atoms with Crippen molar-refractivity contribution in [3.63, 3.8) is 0 Å². The maximum Gasteiger partial charge on any atom is 0.142 e. The third-order valence-corrected chi connectivity index (χ3v) is 2.13. The smallest absolute Gasteiger partial charge is 0.142 e. The molecule has 0 radical (unpaired) electrons. The van der Waals surface area contributed by atoms with Crippen LogP contribution in [0, 0.1) is 17.7 Å². The fourth-order valence-electron chi connectivity index (χ4n) is 1.13. The third kappa shape index (κ3) is 5.08. The van der Waals surface area contributed by atoms with Gasteiger partial charge in [0.15, 0.2) is 0 Å². The lowest BCUT2D eigenvalue weighted by Gasteiger charge is -2.05. The zero-order chi connectivity index (χ0) is 12.5. The van der Waals surface area contributed by atoms with Crippen molar-refractivity contribution >= 4 is 11.6 Å². The van der Waals surface area contributed by atoms with E-state index in [2.05, 4.69) is 11.8 Å². The van der Waals surface area contributed by atoms with Gasteiger partial charge in [-0.1, -0.05) is 11.8 Å². The van der Waals surface area contributed by atoms with Gasteiger partial charge in [-0.2, -0.15) is 0 Å². The largest absolute Gasteiger partial charge is 0.491 e. The number of rotatable bonds is 5. The van der Waals surface area contributed by atoms with E-state index in [1.54, 1.807) is 19.2 Å². The summed E-state index contributed by atoms with van der Waals surface area (Å²) in [5.41, 5.74) is 0.356. The van der Waals surface area contributed by atoms with E-state index in [9.17, 15) is 4.39 Å². The second kappa shape index (κ2) is 7.94. The van der Waals surface area contributed by atoms with E-state index in [4.69, 9.17) is 21.1 Å². The lowest BCUT2D eigenvalue weighted by molar-refractivity contribution is 0.146. The molecule has 0 N–H and O–H groups in total. The maximum atomic E-state index is 13.5. The molecule has 0 atom stereocenters. The number of alkyl halides is 1. The second-order valence-corrected chi connectivity index (χ2v) is 3.60. The minimum atomic E-state index is -0.387. The van der Waals surface area contributed by atoms with Gasteiger partial charge in [0.25, 0.3) is 0 Å². The Kier molecular flexibility index (Phi) is 6.46. The van der Waals surface area contributed by atoms with Gasteiger partial charge < -0.3 is 9.47 Å². The first-order valence-corrected chi connectivity index (χ1v) is 5.77. The Morgan fingerprint density at radius 1 is 1.35 bits per heavy atom. The molecule has 0 amide bonds. The number of methoxy groups -OCH3 is 1. The van der Waals surface area contributed by atoms with Crippen molar-refractivity contribution in [3.05, 3.63) is 29.6 Å². The van der Waals surface area contributed by atoms with Crippen LogP contribution in [0.4, 0.5) is 4.39 Å². The van der Waals surface area contributed by atoms with Gasteiger partial charge in [0.2, 0.25) is 0 Å². The summed E-state index contributed by atoms with van der Waals surface area (Å²) in [6.07, 6.45) is 0.549. The van der Waals surface area contributed by atoms with Crippen LogP contribution in [-0.2, 0) is 4.74 Å². The van der Waals surface area contributed by atoms with Gasteiger partial charge in [0.1, 0.15) is 18.2 Å². The van der Waals surface area contributed by atoms with E-state index >= 15 is 0 Å². The van der Waals surface area contributed by atoms with Gasteiger partial charge >= 0.3 is 0 Å². The molecular weight excluding hydrogens is 243 g/mol. The average molecular weight is 257 g/mol. The molecule has 2 nitrogen and oxygen atoms in total. The van der Waals surface area contributed by atoms with E-state index in [0.29, 0.717) is 36.8 Å². The van der Waals surface area contributed by atoms with Crippen LogP contribution in [0.2, 0.25) is 0 Å². The zero-order valence-electron chi connectivity index (χ0n) is 9.63. The number of halogens is 2. The fourth-order valence-corrected chi connectivity index (χ4v) is 1.23. The van der Waals surface area contributed by atoms with Crippen molar-refractivity contribution < 1.29 is 13.9 Å². The molecule has 0 aliphatic rings. The van der Waals surface area contributed by atoms with Crippen molar-refractivity contribution in [2.75, 3.05) is 26.2 Å². The minimum absolute atomic E-state index is 0.356. The normalized spacial score (nSPS) is 9.59. The summed E-state index contributed by atoms with van der Waals surface area (Å²) >= 11 is 5.48. The molecule has 17 heavy (non-hydrogen) atoms. The highest BCUT2D eigenvalue weighted by Gasteiger charge is 2.01. The van der Waals surface area contributed by atoms with Crippen LogP contribution in [0.5, 0.6) is 5.75 Å². The lowest BCUT2D eigenvalue weighted by Crippen LogP contribution is -2.04. The topological polar surface area (TPSA) is 18.5 Å². The molecule has 0 unspecified atom stereocenters. The van der Waals surface area contributed by atoms with Crippen LogP contribution in [0.3, 0.4) is 0 Å². The fraction of sp³-hybridized carbons (Fsp3) is 0.385. The Balaban J connectivity index is 2.63. The molecule has 0 saturated heterocycles. The molecule has 1 rings (SSSR count). The van der Waals surface area contributed by atoms with Crippen molar-refractivity contribution in [1.29, 1.82) is 0 Å². The Morgan fingerprint density at radius 3 is 2.82 bits per heavy atom. The van der Waals surface area contributed by atoms with Crippen molar-refractivity contribution in [2.24, 2.45) is 0 Å². The maximum absolute atomic E-state index is 13.5. The van der Waals surface area contributed by atoms with Crippen LogP contribution in [0.25, 0.3) is 0 Å². The minimum Gasteiger partial charge on any atom is -0.491 e. The van der Waals surface area contributed by atoms with Gasteiger partial charge in [-0.25, -0.2) is 4.39 Å². The van der Waals surface area contributed by atoms with E-state index in [-0.39, 0.29) is 5.82 Å². The Morgan fingerprint density at radius 2 is 2.18 bits per heavy atom. The van der Waals surface area contributed by atoms with Gasteiger partial charge in [0, 0.05) is 25.5 Å². The Labute approximate surface area is 106 Å². The van der Waals surface area contributed by atoms with E-state index in [0.717, 1.165) is 0 Å². The SMILES string of the molecule is COCCOc1ccc(C#CCCCl)c(F)c1. The molecule has 4 heteroatoms. The second-order valence-electron chi connectivity index (χ2n) is 3.22. The molecule has 0 aliphatic heterocycles. The zero-order valence-corrected chi connectivity index (χ0v) is 10.4. The van der Waals surface area contributed by atoms with Crippen molar-refractivity contribution in [1.82, 2.24) is 0 Å². The Bertz CT molecular complexity index is 410. The number of hydrogen-bond acceptors (Lipinski definition) is 2. The first kappa shape index (κ1) is 13.8. The molecule has 0 heterocycles. The van der Waals surface area contributed by atoms with Gasteiger partial charge in [-0.3, -0.25) is 0 Å². The molecule has 0 saturated carbocycles. The predicted molar refractivity (Wildman–Crippen MR) is 66.0 cm³/mol. The first-order chi connectivity index (χ1) is 8.27. The predicted octanol–water partition coefficient (Wildman–Crippen LogP) is 2.83. The van der Waals surface area contributed by atoms with Gasteiger partial charge in [-0.05, 0) is 12.1 Å². The summed E-state index contributed by atoms with van der Waals surface area (Å²) in [4.78, 5) is 0. The molecule has 0 fully saturated rings. The molecule has 92 valence electrons. The lowest BCUT2D eigenvalue weighted by atomic mass is 10.2. The molecule has 0 spiro atoms. The molecule has 0 aliphatic carbocycles. The average Bonchev–Trinajstić information content (AvgIpc) is 2.32. The van der Waals surface area contributed by atoms with Crippen LogP contribution in [0.1, 0.15) is 12.0 Å². The molecule has 0 bridgehead atoms. The number of ether oxygens (including phenoxy) is 2. The number of hydrogen-bond donors (Lipinski definition) is 0. The molecular formula is C13H14ClFO2. The monoisotopic (exact) mass is 256 g/mol. The quantitative estimate of drug-likeness (QED) is 0.458.